The Bertz CT molecular complexity index is 1280. The van der Waals surface area contributed by atoms with Crippen LogP contribution in [0.3, 0.4) is 0 Å². The molecule has 32 heavy (non-hydrogen) atoms. The van der Waals surface area contributed by atoms with E-state index in [0.29, 0.717) is 12.3 Å². The van der Waals surface area contributed by atoms with Gasteiger partial charge in [0.25, 0.3) is 0 Å². The Morgan fingerprint density at radius 3 is 2.97 bits per heavy atom. The maximum atomic E-state index is 13.0. The van der Waals surface area contributed by atoms with Gasteiger partial charge in [0.2, 0.25) is 5.91 Å². The molecular formula is C24H22N4O2S2. The SMILES string of the molecule is COc1cccc(-n2ccnc2SCC(=O)N2CCc3cc(-c4csc(C)n4)ccc32)c1. The lowest BCUT2D eigenvalue weighted by molar-refractivity contribution is -0.116. The maximum Gasteiger partial charge on any atom is 0.237 e. The molecule has 0 atom stereocenters. The van der Waals surface area contributed by atoms with Crippen LogP contribution in [0, 0.1) is 6.92 Å². The summed E-state index contributed by atoms with van der Waals surface area (Å²) in [6.45, 7) is 2.72. The molecule has 0 aliphatic carbocycles. The number of imidazole rings is 1. The highest BCUT2D eigenvalue weighted by Crippen LogP contribution is 2.33. The van der Waals surface area contributed by atoms with Gasteiger partial charge in [0, 0.05) is 41.6 Å². The van der Waals surface area contributed by atoms with E-state index in [1.54, 1.807) is 24.6 Å². The van der Waals surface area contributed by atoms with E-state index in [-0.39, 0.29) is 5.91 Å². The van der Waals surface area contributed by atoms with Crippen molar-refractivity contribution in [3.8, 4) is 22.7 Å². The molecule has 2 aromatic heterocycles. The predicted octanol–water partition coefficient (Wildman–Crippen LogP) is 4.99. The Morgan fingerprint density at radius 1 is 1.25 bits per heavy atom. The molecule has 0 unspecified atom stereocenters. The summed E-state index contributed by atoms with van der Waals surface area (Å²) in [7, 11) is 1.65. The van der Waals surface area contributed by atoms with Crippen LogP contribution in [0.15, 0.2) is 65.4 Å². The van der Waals surface area contributed by atoms with Gasteiger partial charge in [-0.2, -0.15) is 0 Å². The summed E-state index contributed by atoms with van der Waals surface area (Å²) < 4.78 is 7.30. The standard InChI is InChI=1S/C24H22N4O2S2/c1-16-26-21(14-31-16)17-6-7-22-18(12-17)8-10-28(22)23(29)15-32-24-25-9-11-27(24)19-4-3-5-20(13-19)30-2/h3-7,9,11-14H,8,10,15H2,1-2H3. The Labute approximate surface area is 194 Å². The predicted molar refractivity (Wildman–Crippen MR) is 129 cm³/mol. The molecule has 0 saturated carbocycles. The number of aryl methyl sites for hydroxylation is 1. The normalized spacial score (nSPS) is 12.8. The van der Waals surface area contributed by atoms with Crippen molar-refractivity contribution in [1.82, 2.24) is 14.5 Å². The second-order valence-corrected chi connectivity index (χ2v) is 9.47. The van der Waals surface area contributed by atoms with Crippen molar-refractivity contribution >= 4 is 34.7 Å². The van der Waals surface area contributed by atoms with Crippen LogP contribution in [-0.4, -0.2) is 39.8 Å². The molecule has 1 amide bonds. The monoisotopic (exact) mass is 462 g/mol. The summed E-state index contributed by atoms with van der Waals surface area (Å²) in [5.74, 6) is 1.20. The summed E-state index contributed by atoms with van der Waals surface area (Å²) in [5.41, 5.74) is 5.26. The molecule has 0 saturated heterocycles. The summed E-state index contributed by atoms with van der Waals surface area (Å²) in [5, 5.41) is 3.91. The third-order valence-electron chi connectivity index (χ3n) is 5.45. The zero-order valence-electron chi connectivity index (χ0n) is 17.8. The number of methoxy groups -OCH3 is 1. The van der Waals surface area contributed by atoms with E-state index in [1.807, 2.05) is 52.9 Å². The van der Waals surface area contributed by atoms with Crippen molar-refractivity contribution < 1.29 is 9.53 Å². The highest BCUT2D eigenvalue weighted by atomic mass is 32.2. The second kappa shape index (κ2) is 8.80. The number of hydrogen-bond acceptors (Lipinski definition) is 6. The fourth-order valence-corrected chi connectivity index (χ4v) is 5.34. The number of ether oxygens (including phenoxy) is 1. The topological polar surface area (TPSA) is 60.3 Å². The quantitative estimate of drug-likeness (QED) is 0.378. The van der Waals surface area contributed by atoms with Crippen molar-refractivity contribution in [2.24, 2.45) is 0 Å². The highest BCUT2D eigenvalue weighted by molar-refractivity contribution is 7.99. The second-order valence-electron chi connectivity index (χ2n) is 7.46. The Hall–Kier alpha value is -3.10. The molecule has 1 aliphatic rings. The molecular weight excluding hydrogens is 440 g/mol. The number of benzene rings is 2. The van der Waals surface area contributed by atoms with Crippen LogP contribution in [-0.2, 0) is 11.2 Å². The van der Waals surface area contributed by atoms with Gasteiger partial charge >= 0.3 is 0 Å². The Balaban J connectivity index is 1.29. The molecule has 0 spiro atoms. The fourth-order valence-electron chi connectivity index (χ4n) is 3.87. The lowest BCUT2D eigenvalue weighted by Gasteiger charge is -2.17. The average Bonchev–Trinajstić information content (AvgIpc) is 3.56. The first kappa shape index (κ1) is 20.8. The van der Waals surface area contributed by atoms with Crippen LogP contribution in [0.25, 0.3) is 16.9 Å². The van der Waals surface area contributed by atoms with Crippen LogP contribution < -0.4 is 9.64 Å². The van der Waals surface area contributed by atoms with Gasteiger partial charge in [-0.1, -0.05) is 23.9 Å². The van der Waals surface area contributed by atoms with Crippen molar-refractivity contribution in [3.63, 3.8) is 0 Å². The number of fused-ring (bicyclic) bond motifs is 1. The summed E-state index contributed by atoms with van der Waals surface area (Å²) in [6.07, 6.45) is 4.51. The smallest absolute Gasteiger partial charge is 0.237 e. The molecule has 0 N–H and O–H groups in total. The number of carbonyl (C=O) groups is 1. The first-order chi connectivity index (χ1) is 15.6. The summed E-state index contributed by atoms with van der Waals surface area (Å²) in [6, 6.07) is 14.1. The zero-order chi connectivity index (χ0) is 22.1. The molecule has 0 fully saturated rings. The van der Waals surface area contributed by atoms with Gasteiger partial charge in [-0.05, 0) is 43.2 Å². The average molecular weight is 463 g/mol. The lowest BCUT2D eigenvalue weighted by Crippen LogP contribution is -2.30. The third-order valence-corrected chi connectivity index (χ3v) is 7.18. The number of aromatic nitrogens is 3. The number of thiazole rings is 1. The number of thioether (sulfide) groups is 1. The first-order valence-electron chi connectivity index (χ1n) is 10.3. The lowest BCUT2D eigenvalue weighted by atomic mass is 10.1. The molecule has 2 aromatic carbocycles. The van der Waals surface area contributed by atoms with E-state index in [1.165, 1.54) is 17.3 Å². The zero-order valence-corrected chi connectivity index (χ0v) is 19.4. The van der Waals surface area contributed by atoms with Gasteiger partial charge < -0.3 is 9.64 Å². The Kier molecular flexibility index (Phi) is 5.71. The third kappa shape index (κ3) is 4.03. The Morgan fingerprint density at radius 2 is 2.16 bits per heavy atom. The number of nitrogens with zero attached hydrogens (tertiary/aromatic N) is 4. The van der Waals surface area contributed by atoms with Gasteiger partial charge in [0.05, 0.1) is 29.3 Å². The van der Waals surface area contributed by atoms with Gasteiger partial charge in [0.1, 0.15) is 5.75 Å². The number of rotatable bonds is 6. The van der Waals surface area contributed by atoms with Gasteiger partial charge in [-0.25, -0.2) is 9.97 Å². The van der Waals surface area contributed by atoms with Gasteiger partial charge in [-0.15, -0.1) is 11.3 Å². The van der Waals surface area contributed by atoms with Crippen LogP contribution in [0.2, 0.25) is 0 Å². The molecule has 0 radical (unpaired) electrons. The van der Waals surface area contributed by atoms with E-state index < -0.39 is 0 Å². The van der Waals surface area contributed by atoms with Crippen molar-refractivity contribution in [3.05, 3.63) is 70.8 Å². The van der Waals surface area contributed by atoms with Crippen molar-refractivity contribution in [2.75, 3.05) is 24.3 Å². The minimum atomic E-state index is 0.0891. The van der Waals surface area contributed by atoms with E-state index >= 15 is 0 Å². The molecule has 0 bridgehead atoms. The van der Waals surface area contributed by atoms with E-state index in [2.05, 4.69) is 27.5 Å². The molecule has 8 heteroatoms. The molecule has 5 rings (SSSR count). The molecule has 6 nitrogen and oxygen atoms in total. The molecule has 4 aromatic rings. The number of carbonyl (C=O) groups excluding carboxylic acids is 1. The molecule has 1 aliphatic heterocycles. The van der Waals surface area contributed by atoms with Crippen LogP contribution in [0.1, 0.15) is 10.6 Å². The van der Waals surface area contributed by atoms with Crippen LogP contribution >= 0.6 is 23.1 Å². The van der Waals surface area contributed by atoms with Crippen molar-refractivity contribution in [2.45, 2.75) is 18.5 Å². The molecule has 3 heterocycles. The fraction of sp³-hybridized carbons (Fsp3) is 0.208. The summed E-state index contributed by atoms with van der Waals surface area (Å²) >= 11 is 3.10. The van der Waals surface area contributed by atoms with Crippen molar-refractivity contribution in [1.29, 1.82) is 0 Å². The van der Waals surface area contributed by atoms with Crippen LogP contribution in [0.5, 0.6) is 5.75 Å². The molecule has 162 valence electrons. The maximum absolute atomic E-state index is 13.0. The van der Waals surface area contributed by atoms with E-state index in [4.69, 9.17) is 4.74 Å². The highest BCUT2D eigenvalue weighted by Gasteiger charge is 2.25. The minimum absolute atomic E-state index is 0.0891. The number of hydrogen-bond donors (Lipinski definition) is 0. The van der Waals surface area contributed by atoms with E-state index in [0.717, 1.165) is 45.0 Å². The largest absolute Gasteiger partial charge is 0.497 e. The number of anilines is 1. The van der Waals surface area contributed by atoms with Gasteiger partial charge in [-0.3, -0.25) is 9.36 Å². The van der Waals surface area contributed by atoms with Crippen LogP contribution in [0.4, 0.5) is 5.69 Å². The first-order valence-corrected chi connectivity index (χ1v) is 12.2. The summed E-state index contributed by atoms with van der Waals surface area (Å²) in [4.78, 5) is 24.0. The number of amides is 1. The van der Waals surface area contributed by atoms with E-state index in [9.17, 15) is 4.79 Å². The van der Waals surface area contributed by atoms with Gasteiger partial charge in [0.15, 0.2) is 5.16 Å². The minimum Gasteiger partial charge on any atom is -0.497 e.